The number of aromatic nitrogens is 4. The summed E-state index contributed by atoms with van der Waals surface area (Å²) in [7, 11) is 1.60. The number of nitrogens with two attached hydrogens (primary N) is 1. The summed E-state index contributed by atoms with van der Waals surface area (Å²) in [6.07, 6.45) is 5.23. The lowest BCUT2D eigenvalue weighted by atomic mass is 10.1. The van der Waals surface area contributed by atoms with Crippen LogP contribution in [0.15, 0.2) is 25.0 Å². The number of anilines is 1. The molecule has 2 aromatic heterocycles. The van der Waals surface area contributed by atoms with Crippen LogP contribution in [-0.2, 0) is 4.79 Å². The molecule has 0 spiro atoms. The Labute approximate surface area is 205 Å². The molecule has 1 saturated carbocycles. The van der Waals surface area contributed by atoms with Gasteiger partial charge in [-0.1, -0.05) is 12.5 Å². The maximum absolute atomic E-state index is 15.2. The lowest BCUT2D eigenvalue weighted by Gasteiger charge is -2.19. The molecule has 11 heteroatoms. The number of likely N-dealkylation sites (tertiary alicyclic amines) is 1. The molecule has 1 saturated heterocycles. The number of carbonyl (C=O) groups excluding carboxylic acids is 2. The second kappa shape index (κ2) is 8.78. The van der Waals surface area contributed by atoms with Gasteiger partial charge in [-0.3, -0.25) is 9.59 Å². The van der Waals surface area contributed by atoms with Gasteiger partial charge in [-0.2, -0.15) is 5.10 Å². The van der Waals surface area contributed by atoms with Gasteiger partial charge in [-0.25, -0.2) is 18.4 Å². The number of hydrogen-bond acceptors (Lipinski definition) is 5. The van der Waals surface area contributed by atoms with Gasteiger partial charge in [-0.15, -0.1) is 0 Å². The van der Waals surface area contributed by atoms with Gasteiger partial charge >= 0.3 is 0 Å². The first-order chi connectivity index (χ1) is 17.2. The van der Waals surface area contributed by atoms with Crippen LogP contribution in [0.1, 0.15) is 59.9 Å². The number of hydrogen-bond donors (Lipinski definition) is 2. The molecule has 3 N–H and O–H groups in total. The number of imidazole rings is 1. The summed E-state index contributed by atoms with van der Waals surface area (Å²) < 4.78 is 33.4. The second-order valence-corrected chi connectivity index (χ2v) is 9.11. The summed E-state index contributed by atoms with van der Waals surface area (Å²) in [6.45, 7) is 5.79. The zero-order valence-electron chi connectivity index (χ0n) is 19.9. The van der Waals surface area contributed by atoms with Crippen molar-refractivity contribution in [1.82, 2.24) is 24.2 Å². The third-order valence-corrected chi connectivity index (χ3v) is 6.76. The van der Waals surface area contributed by atoms with Crippen LogP contribution in [0.3, 0.4) is 0 Å². The minimum absolute atomic E-state index is 0.00561. The third kappa shape index (κ3) is 3.79. The monoisotopic (exact) mass is 493 g/mol. The highest BCUT2D eigenvalue weighted by Crippen LogP contribution is 2.38. The Hall–Kier alpha value is -4.20. The summed E-state index contributed by atoms with van der Waals surface area (Å²) in [6, 6.07) is 1.09. The van der Waals surface area contributed by atoms with E-state index in [0.29, 0.717) is 24.3 Å². The first kappa shape index (κ1) is 23.5. The Kier molecular flexibility index (Phi) is 5.74. The molecule has 9 nitrogen and oxygen atoms in total. The van der Waals surface area contributed by atoms with E-state index in [4.69, 9.17) is 5.73 Å². The van der Waals surface area contributed by atoms with Crippen molar-refractivity contribution >= 4 is 28.7 Å². The van der Waals surface area contributed by atoms with Crippen molar-refractivity contribution in [2.24, 2.45) is 5.73 Å². The van der Waals surface area contributed by atoms with E-state index in [1.807, 2.05) is 6.92 Å². The Morgan fingerprint density at radius 1 is 1.28 bits per heavy atom. The van der Waals surface area contributed by atoms with Crippen LogP contribution in [0.25, 0.3) is 11.0 Å². The molecule has 1 aliphatic heterocycles. The third-order valence-electron chi connectivity index (χ3n) is 6.76. The number of fused-ring (bicyclic) bond motifs is 1. The molecule has 1 aromatic carbocycles. The zero-order chi connectivity index (χ0) is 25.7. The smallest absolute Gasteiger partial charge is 0.255 e. The van der Waals surface area contributed by atoms with Crippen molar-refractivity contribution in [3.8, 4) is 11.8 Å². The van der Waals surface area contributed by atoms with E-state index in [1.165, 1.54) is 18.5 Å². The van der Waals surface area contributed by atoms with Crippen molar-refractivity contribution in [2.75, 3.05) is 18.9 Å². The van der Waals surface area contributed by atoms with E-state index in [-0.39, 0.29) is 40.8 Å². The number of nitrogens with zero attached hydrogens (tertiary/aromatic N) is 5. The number of nitrogens with one attached hydrogen (secondary N) is 1. The molecule has 0 unspecified atom stereocenters. The first-order valence-electron chi connectivity index (χ1n) is 11.6. The number of rotatable bonds is 5. The molecule has 3 aromatic rings. The lowest BCUT2D eigenvalue weighted by molar-refractivity contribution is -0.126. The number of benzene rings is 1. The predicted molar refractivity (Wildman–Crippen MR) is 129 cm³/mol. The lowest BCUT2D eigenvalue weighted by Crippen LogP contribution is -2.32. The normalized spacial score (nSPS) is 19.3. The van der Waals surface area contributed by atoms with Crippen LogP contribution in [0.5, 0.6) is 0 Å². The van der Waals surface area contributed by atoms with Gasteiger partial charge in [0.15, 0.2) is 11.5 Å². The molecular formula is C25H25F2N7O2. The molecule has 0 radical (unpaired) electrons. The first-order valence-corrected chi connectivity index (χ1v) is 11.6. The van der Waals surface area contributed by atoms with Crippen LogP contribution in [0, 0.1) is 23.5 Å². The van der Waals surface area contributed by atoms with Crippen LogP contribution < -0.4 is 11.1 Å². The molecular weight excluding hydrogens is 468 g/mol. The quantitative estimate of drug-likeness (QED) is 0.420. The second-order valence-electron chi connectivity index (χ2n) is 9.11. The van der Waals surface area contributed by atoms with Crippen LogP contribution in [0.2, 0.25) is 0 Å². The number of amides is 2. The summed E-state index contributed by atoms with van der Waals surface area (Å²) in [5, 5.41) is 7.39. The fraction of sp³-hybridized carbons (Fsp3) is 0.360. The standard InChI is InChI=1S/C25H25F2N7O2/c1-4-20(35)32-11-15(9-13(32)2)34-25(29-3)21(24(28)36)18(31-34)8-7-16-17(26)10-19-23(22(16)27)30-12-33(19)14-5-6-14/h4,10,12-15,29H,1,5-6,9,11H2,2-3H3,(H2,28,36)/t13-,15+/m1/s1. The highest BCUT2D eigenvalue weighted by atomic mass is 19.1. The van der Waals surface area contributed by atoms with Gasteiger partial charge in [0.2, 0.25) is 5.91 Å². The molecule has 0 bridgehead atoms. The topological polar surface area (TPSA) is 111 Å². The molecule has 2 amide bonds. The minimum Gasteiger partial charge on any atom is -0.373 e. The molecule has 3 heterocycles. The van der Waals surface area contributed by atoms with Gasteiger partial charge in [0.1, 0.15) is 22.7 Å². The summed E-state index contributed by atoms with van der Waals surface area (Å²) >= 11 is 0. The molecule has 36 heavy (non-hydrogen) atoms. The van der Waals surface area contributed by atoms with E-state index >= 15 is 4.39 Å². The van der Waals surface area contributed by atoms with E-state index in [1.54, 1.807) is 21.2 Å². The van der Waals surface area contributed by atoms with Crippen molar-refractivity contribution in [3.63, 3.8) is 0 Å². The largest absolute Gasteiger partial charge is 0.373 e. The van der Waals surface area contributed by atoms with Gasteiger partial charge in [0.05, 0.1) is 23.4 Å². The van der Waals surface area contributed by atoms with Crippen molar-refractivity contribution < 1.29 is 18.4 Å². The van der Waals surface area contributed by atoms with Crippen LogP contribution in [-0.4, -0.2) is 55.7 Å². The highest BCUT2D eigenvalue weighted by Gasteiger charge is 2.35. The van der Waals surface area contributed by atoms with E-state index < -0.39 is 23.1 Å². The Balaban J connectivity index is 1.56. The molecule has 1 aliphatic carbocycles. The van der Waals surface area contributed by atoms with Gasteiger partial charge in [0.25, 0.3) is 5.91 Å². The maximum atomic E-state index is 15.2. The fourth-order valence-corrected chi connectivity index (χ4v) is 4.84. The predicted octanol–water partition coefficient (Wildman–Crippen LogP) is 2.73. The molecule has 5 rings (SSSR count). The van der Waals surface area contributed by atoms with Gasteiger partial charge in [0, 0.05) is 31.7 Å². The molecule has 2 atom stereocenters. The Morgan fingerprint density at radius 3 is 2.67 bits per heavy atom. The highest BCUT2D eigenvalue weighted by molar-refractivity contribution is 6.00. The number of primary amides is 1. The summed E-state index contributed by atoms with van der Waals surface area (Å²) in [4.78, 5) is 30.3. The Morgan fingerprint density at radius 2 is 2.03 bits per heavy atom. The fourth-order valence-electron chi connectivity index (χ4n) is 4.84. The molecule has 2 aliphatic rings. The SMILES string of the molecule is C=CC(=O)N1C[C@@H](n2nc(C#Cc3c(F)cc4c(ncn4C4CC4)c3F)c(C(N)=O)c2NC)C[C@H]1C. The Bertz CT molecular complexity index is 1480. The number of halogens is 2. The summed E-state index contributed by atoms with van der Waals surface area (Å²) in [5.41, 5.74) is 5.57. The minimum atomic E-state index is -0.867. The zero-order valence-corrected chi connectivity index (χ0v) is 19.9. The van der Waals surface area contributed by atoms with E-state index in [9.17, 15) is 14.0 Å². The summed E-state index contributed by atoms with van der Waals surface area (Å²) in [5.74, 6) is 2.77. The molecule has 186 valence electrons. The van der Waals surface area contributed by atoms with Crippen molar-refractivity contribution in [2.45, 2.75) is 44.3 Å². The number of carbonyl (C=O) groups is 2. The van der Waals surface area contributed by atoms with Gasteiger partial charge < -0.3 is 20.5 Å². The van der Waals surface area contributed by atoms with Gasteiger partial charge in [-0.05, 0) is 38.2 Å². The maximum Gasteiger partial charge on any atom is 0.255 e. The molecule has 2 fully saturated rings. The average Bonchev–Trinajstić information content (AvgIpc) is 3.31. The van der Waals surface area contributed by atoms with E-state index in [2.05, 4.69) is 33.8 Å². The van der Waals surface area contributed by atoms with Crippen molar-refractivity contribution in [1.29, 1.82) is 0 Å². The van der Waals surface area contributed by atoms with Crippen LogP contribution in [0.4, 0.5) is 14.6 Å². The van der Waals surface area contributed by atoms with Crippen LogP contribution >= 0.6 is 0 Å². The average molecular weight is 494 g/mol. The van der Waals surface area contributed by atoms with Crippen molar-refractivity contribution in [3.05, 3.63) is 53.5 Å². The van der Waals surface area contributed by atoms with E-state index in [0.717, 1.165) is 12.8 Å².